The molecule has 1 fully saturated rings. The summed E-state index contributed by atoms with van der Waals surface area (Å²) in [4.78, 5) is 0. The molecular weight excluding hydrogens is 223 g/mol. The Morgan fingerprint density at radius 3 is 2.39 bits per heavy atom. The molecule has 0 amide bonds. The van der Waals surface area contributed by atoms with E-state index in [1.165, 1.54) is 25.7 Å². The van der Waals surface area contributed by atoms with Crippen molar-refractivity contribution < 1.29 is 4.39 Å². The van der Waals surface area contributed by atoms with Crippen LogP contribution in [0, 0.1) is 31.5 Å². The summed E-state index contributed by atoms with van der Waals surface area (Å²) in [6.45, 7) is 6.34. The van der Waals surface area contributed by atoms with Gasteiger partial charge in [0.2, 0.25) is 0 Å². The Labute approximate surface area is 111 Å². The van der Waals surface area contributed by atoms with Crippen LogP contribution in [0.3, 0.4) is 0 Å². The summed E-state index contributed by atoms with van der Waals surface area (Å²) in [6, 6.07) is 3.77. The molecule has 0 bridgehead atoms. The Hall–Kier alpha value is -0.850. The summed E-state index contributed by atoms with van der Waals surface area (Å²) >= 11 is 0. The molecular formula is C17H25F. The zero-order valence-electron chi connectivity index (χ0n) is 11.9. The Morgan fingerprint density at radius 1 is 1.11 bits per heavy atom. The van der Waals surface area contributed by atoms with Crippen LogP contribution < -0.4 is 0 Å². The average molecular weight is 248 g/mol. The standard InChI is InChI=1S/C17H25F/c1-12-4-6-15(7-5-12)8-9-16-14(3)10-13(2)11-17(16)18/h10-12,15H,4-9H2,1-3H3. The lowest BCUT2D eigenvalue weighted by Gasteiger charge is -2.26. The lowest BCUT2D eigenvalue weighted by atomic mass is 9.80. The second-order valence-electron chi connectivity index (χ2n) is 6.21. The number of hydrogen-bond acceptors (Lipinski definition) is 0. The molecule has 100 valence electrons. The maximum atomic E-state index is 13.9. The quantitative estimate of drug-likeness (QED) is 0.689. The predicted octanol–water partition coefficient (Wildman–Crippen LogP) is 5.20. The predicted molar refractivity (Wildman–Crippen MR) is 75.3 cm³/mol. The van der Waals surface area contributed by atoms with Crippen molar-refractivity contribution in [3.63, 3.8) is 0 Å². The maximum Gasteiger partial charge on any atom is 0.126 e. The molecule has 0 spiro atoms. The maximum absolute atomic E-state index is 13.9. The van der Waals surface area contributed by atoms with Gasteiger partial charge in [0, 0.05) is 0 Å². The largest absolute Gasteiger partial charge is 0.207 e. The van der Waals surface area contributed by atoms with Crippen molar-refractivity contribution in [1.29, 1.82) is 0 Å². The van der Waals surface area contributed by atoms with Crippen LogP contribution in [-0.2, 0) is 6.42 Å². The molecule has 0 nitrogen and oxygen atoms in total. The molecule has 0 unspecified atom stereocenters. The smallest absolute Gasteiger partial charge is 0.126 e. The fourth-order valence-corrected chi connectivity index (χ4v) is 3.23. The van der Waals surface area contributed by atoms with E-state index in [2.05, 4.69) is 13.0 Å². The molecule has 1 aliphatic carbocycles. The van der Waals surface area contributed by atoms with Crippen LogP contribution in [0.1, 0.15) is 55.7 Å². The highest BCUT2D eigenvalue weighted by molar-refractivity contribution is 5.32. The van der Waals surface area contributed by atoms with Gasteiger partial charge in [0.05, 0.1) is 0 Å². The van der Waals surface area contributed by atoms with E-state index in [1.807, 2.05) is 13.8 Å². The molecule has 0 aromatic heterocycles. The zero-order valence-corrected chi connectivity index (χ0v) is 11.9. The van der Waals surface area contributed by atoms with Crippen LogP contribution in [0.2, 0.25) is 0 Å². The summed E-state index contributed by atoms with van der Waals surface area (Å²) in [5, 5.41) is 0. The van der Waals surface area contributed by atoms with Crippen LogP contribution in [0.25, 0.3) is 0 Å². The number of aryl methyl sites for hydroxylation is 2. The van der Waals surface area contributed by atoms with Gasteiger partial charge in [-0.2, -0.15) is 0 Å². The highest BCUT2D eigenvalue weighted by atomic mass is 19.1. The van der Waals surface area contributed by atoms with Gasteiger partial charge in [-0.3, -0.25) is 0 Å². The molecule has 18 heavy (non-hydrogen) atoms. The molecule has 0 aliphatic heterocycles. The molecule has 0 radical (unpaired) electrons. The second kappa shape index (κ2) is 5.86. The van der Waals surface area contributed by atoms with Crippen molar-refractivity contribution >= 4 is 0 Å². The molecule has 1 aromatic carbocycles. The summed E-state index contributed by atoms with van der Waals surface area (Å²) < 4.78 is 13.9. The fourth-order valence-electron chi connectivity index (χ4n) is 3.23. The first kappa shape index (κ1) is 13.6. The first-order valence-corrected chi connectivity index (χ1v) is 7.32. The van der Waals surface area contributed by atoms with Crippen LogP contribution in [0.4, 0.5) is 4.39 Å². The minimum absolute atomic E-state index is 0.00308. The van der Waals surface area contributed by atoms with Crippen molar-refractivity contribution in [2.24, 2.45) is 11.8 Å². The van der Waals surface area contributed by atoms with Gasteiger partial charge in [0.15, 0.2) is 0 Å². The van der Waals surface area contributed by atoms with Crippen molar-refractivity contribution in [1.82, 2.24) is 0 Å². The van der Waals surface area contributed by atoms with E-state index in [4.69, 9.17) is 0 Å². The molecule has 0 saturated heterocycles. The molecule has 2 rings (SSSR count). The molecule has 0 N–H and O–H groups in total. The summed E-state index contributed by atoms with van der Waals surface area (Å²) in [5.74, 6) is 1.72. The third-order valence-electron chi connectivity index (χ3n) is 4.50. The highest BCUT2D eigenvalue weighted by Crippen LogP contribution is 2.31. The lowest BCUT2D eigenvalue weighted by Crippen LogP contribution is -2.13. The van der Waals surface area contributed by atoms with E-state index >= 15 is 0 Å². The molecule has 1 aliphatic rings. The number of halogens is 1. The van der Waals surface area contributed by atoms with Gasteiger partial charge in [-0.25, -0.2) is 4.39 Å². The monoisotopic (exact) mass is 248 g/mol. The van der Waals surface area contributed by atoms with Gasteiger partial charge in [0.1, 0.15) is 5.82 Å². The molecule has 0 atom stereocenters. The number of hydrogen-bond donors (Lipinski definition) is 0. The Bertz CT molecular complexity index is 377. The average Bonchev–Trinajstić information content (AvgIpc) is 2.30. The Morgan fingerprint density at radius 2 is 1.78 bits per heavy atom. The first-order chi connectivity index (χ1) is 8.56. The Kier molecular flexibility index (Phi) is 4.42. The summed E-state index contributed by atoms with van der Waals surface area (Å²) in [5.41, 5.74) is 3.09. The zero-order chi connectivity index (χ0) is 13.1. The van der Waals surface area contributed by atoms with Crippen LogP contribution in [-0.4, -0.2) is 0 Å². The molecule has 1 saturated carbocycles. The van der Waals surface area contributed by atoms with E-state index < -0.39 is 0 Å². The fraction of sp³-hybridized carbons (Fsp3) is 0.647. The van der Waals surface area contributed by atoms with Crippen LogP contribution >= 0.6 is 0 Å². The normalized spacial score (nSPS) is 24.2. The summed E-state index contributed by atoms with van der Waals surface area (Å²) in [6.07, 6.45) is 7.48. The van der Waals surface area contributed by atoms with E-state index in [9.17, 15) is 4.39 Å². The minimum atomic E-state index is -0.00308. The topological polar surface area (TPSA) is 0 Å². The van der Waals surface area contributed by atoms with Gasteiger partial charge in [0.25, 0.3) is 0 Å². The number of benzene rings is 1. The first-order valence-electron chi connectivity index (χ1n) is 7.32. The SMILES string of the molecule is Cc1cc(C)c(CCC2CCC(C)CC2)c(F)c1. The Balaban J connectivity index is 1.94. The highest BCUT2D eigenvalue weighted by Gasteiger charge is 2.18. The summed E-state index contributed by atoms with van der Waals surface area (Å²) in [7, 11) is 0. The van der Waals surface area contributed by atoms with Gasteiger partial charge in [-0.1, -0.05) is 38.7 Å². The van der Waals surface area contributed by atoms with E-state index in [-0.39, 0.29) is 5.82 Å². The van der Waals surface area contributed by atoms with Gasteiger partial charge in [-0.15, -0.1) is 0 Å². The second-order valence-corrected chi connectivity index (χ2v) is 6.21. The van der Waals surface area contributed by atoms with E-state index in [0.29, 0.717) is 0 Å². The van der Waals surface area contributed by atoms with Crippen molar-refractivity contribution in [2.45, 2.75) is 59.3 Å². The van der Waals surface area contributed by atoms with E-state index in [1.54, 1.807) is 6.07 Å². The van der Waals surface area contributed by atoms with Crippen molar-refractivity contribution in [3.8, 4) is 0 Å². The third-order valence-corrected chi connectivity index (χ3v) is 4.50. The van der Waals surface area contributed by atoms with Crippen LogP contribution in [0.5, 0.6) is 0 Å². The van der Waals surface area contributed by atoms with E-state index in [0.717, 1.165) is 41.4 Å². The molecule has 1 aromatic rings. The molecule has 0 heterocycles. The molecule has 1 heteroatoms. The lowest BCUT2D eigenvalue weighted by molar-refractivity contribution is 0.277. The van der Waals surface area contributed by atoms with Gasteiger partial charge >= 0.3 is 0 Å². The minimum Gasteiger partial charge on any atom is -0.207 e. The third kappa shape index (κ3) is 3.34. The van der Waals surface area contributed by atoms with Crippen LogP contribution in [0.15, 0.2) is 12.1 Å². The van der Waals surface area contributed by atoms with Crippen molar-refractivity contribution in [3.05, 3.63) is 34.6 Å². The van der Waals surface area contributed by atoms with Gasteiger partial charge in [-0.05, 0) is 61.3 Å². The van der Waals surface area contributed by atoms with Gasteiger partial charge < -0.3 is 0 Å². The number of rotatable bonds is 3. The van der Waals surface area contributed by atoms with Crippen molar-refractivity contribution in [2.75, 3.05) is 0 Å².